The molecule has 29 heavy (non-hydrogen) atoms. The Morgan fingerprint density at radius 2 is 1.79 bits per heavy atom. The highest BCUT2D eigenvalue weighted by Gasteiger charge is 2.24. The number of aromatic nitrogens is 2. The minimum atomic E-state index is -4.02. The molecule has 3 aromatic carbocycles. The monoisotopic (exact) mass is 452 g/mol. The Labute approximate surface area is 175 Å². The van der Waals surface area contributed by atoms with Gasteiger partial charge in [0.2, 0.25) is 0 Å². The summed E-state index contributed by atoms with van der Waals surface area (Å²) in [6.07, 6.45) is 1.59. The maximum absolute atomic E-state index is 15.2. The van der Waals surface area contributed by atoms with E-state index in [1.165, 1.54) is 18.2 Å². The van der Waals surface area contributed by atoms with Crippen LogP contribution in [0.15, 0.2) is 59.6 Å². The third kappa shape index (κ3) is 3.73. The van der Waals surface area contributed by atoms with Crippen LogP contribution in [-0.2, 0) is 15.6 Å². The first-order chi connectivity index (χ1) is 13.8. The molecule has 1 N–H and O–H groups in total. The van der Waals surface area contributed by atoms with Crippen molar-refractivity contribution in [1.29, 1.82) is 0 Å². The second-order valence-electron chi connectivity index (χ2n) is 6.40. The molecule has 0 saturated carbocycles. The van der Waals surface area contributed by atoms with Crippen LogP contribution in [0.5, 0.6) is 0 Å². The molecule has 148 valence electrons. The van der Waals surface area contributed by atoms with Gasteiger partial charge in [0.15, 0.2) is 9.84 Å². The fraction of sp³-hybridized carbons (Fsp3) is 0.0500. The van der Waals surface area contributed by atoms with Gasteiger partial charge in [-0.3, -0.25) is 5.10 Å². The van der Waals surface area contributed by atoms with Gasteiger partial charge in [-0.25, -0.2) is 17.2 Å². The predicted octanol–water partition coefficient (Wildman–Crippen LogP) is 5.79. The van der Waals surface area contributed by atoms with Crippen molar-refractivity contribution in [3.8, 4) is 11.1 Å². The number of sulfone groups is 1. The quantitative estimate of drug-likeness (QED) is 0.426. The third-order valence-electron chi connectivity index (χ3n) is 4.48. The van der Waals surface area contributed by atoms with Gasteiger partial charge in [0.25, 0.3) is 0 Å². The van der Waals surface area contributed by atoms with Crippen LogP contribution in [0.4, 0.5) is 8.78 Å². The number of benzene rings is 3. The number of rotatable bonds is 4. The maximum Gasteiger partial charge on any atom is 0.184 e. The summed E-state index contributed by atoms with van der Waals surface area (Å²) in [5.41, 5.74) is 0.371. The molecule has 1 heterocycles. The van der Waals surface area contributed by atoms with Gasteiger partial charge in [-0.1, -0.05) is 41.4 Å². The van der Waals surface area contributed by atoms with E-state index in [0.717, 1.165) is 17.5 Å². The molecule has 4 nitrogen and oxygen atoms in total. The largest absolute Gasteiger partial charge is 0.278 e. The minimum absolute atomic E-state index is 0.0261. The maximum atomic E-state index is 15.2. The summed E-state index contributed by atoms with van der Waals surface area (Å²) in [4.78, 5) is -0.212. The Balaban J connectivity index is 1.80. The van der Waals surface area contributed by atoms with Gasteiger partial charge >= 0.3 is 0 Å². The molecule has 0 saturated heterocycles. The molecule has 0 spiro atoms. The predicted molar refractivity (Wildman–Crippen MR) is 109 cm³/mol. The number of hydrogen-bond acceptors (Lipinski definition) is 3. The van der Waals surface area contributed by atoms with Crippen LogP contribution in [0.3, 0.4) is 0 Å². The summed E-state index contributed by atoms with van der Waals surface area (Å²) >= 11 is 11.8. The van der Waals surface area contributed by atoms with Crippen molar-refractivity contribution in [3.63, 3.8) is 0 Å². The Hall–Kier alpha value is -2.48. The molecule has 0 amide bonds. The first kappa shape index (κ1) is 19.8. The van der Waals surface area contributed by atoms with Crippen molar-refractivity contribution >= 4 is 43.9 Å². The van der Waals surface area contributed by atoms with Gasteiger partial charge in [-0.2, -0.15) is 5.10 Å². The topological polar surface area (TPSA) is 62.8 Å². The van der Waals surface area contributed by atoms with Gasteiger partial charge in [0.05, 0.1) is 32.9 Å². The summed E-state index contributed by atoms with van der Waals surface area (Å²) in [7, 11) is -4.02. The van der Waals surface area contributed by atoms with Gasteiger partial charge in [-0.05, 0) is 35.9 Å². The standard InChI is InChI=1S/C20H12Cl2F2N2O2S/c21-14-4-5-15(22)18(8-14)29(27,28)10-13-3-6-16(23)19(20(13)24)11-1-2-12-9-25-26-17(12)7-11/h1-9H,10H2,(H,25,26). The van der Waals surface area contributed by atoms with Crippen molar-refractivity contribution < 1.29 is 17.2 Å². The van der Waals surface area contributed by atoms with E-state index in [9.17, 15) is 12.8 Å². The SMILES string of the molecule is O=S(=O)(Cc1ccc(F)c(-c2ccc3cn[nH]c3c2)c1F)c1cc(Cl)ccc1Cl. The zero-order valence-electron chi connectivity index (χ0n) is 14.6. The molecule has 0 radical (unpaired) electrons. The van der Waals surface area contributed by atoms with Crippen molar-refractivity contribution in [2.24, 2.45) is 0 Å². The van der Waals surface area contributed by atoms with E-state index in [2.05, 4.69) is 10.2 Å². The average Bonchev–Trinajstić information content (AvgIpc) is 3.14. The Morgan fingerprint density at radius 1 is 1.00 bits per heavy atom. The minimum Gasteiger partial charge on any atom is -0.278 e. The van der Waals surface area contributed by atoms with Crippen molar-refractivity contribution in [1.82, 2.24) is 10.2 Å². The molecule has 9 heteroatoms. The van der Waals surface area contributed by atoms with Gasteiger partial charge in [0, 0.05) is 16.0 Å². The van der Waals surface area contributed by atoms with Crippen molar-refractivity contribution in [2.45, 2.75) is 10.6 Å². The number of fused-ring (bicyclic) bond motifs is 1. The molecule has 0 atom stereocenters. The smallest absolute Gasteiger partial charge is 0.184 e. The van der Waals surface area contributed by atoms with Gasteiger partial charge < -0.3 is 0 Å². The highest BCUT2D eigenvalue weighted by atomic mass is 35.5. The molecule has 4 rings (SSSR count). The molecule has 0 aliphatic heterocycles. The van der Waals surface area contributed by atoms with Crippen LogP contribution in [0.1, 0.15) is 5.56 Å². The molecule has 0 unspecified atom stereocenters. The normalized spacial score (nSPS) is 11.9. The summed E-state index contributed by atoms with van der Waals surface area (Å²) in [5, 5.41) is 7.55. The highest BCUT2D eigenvalue weighted by molar-refractivity contribution is 7.90. The van der Waals surface area contributed by atoms with E-state index in [-0.39, 0.29) is 31.6 Å². The van der Waals surface area contributed by atoms with Crippen molar-refractivity contribution in [3.05, 3.63) is 82.0 Å². The molecule has 0 fully saturated rings. The van der Waals surface area contributed by atoms with Crippen LogP contribution in [0.25, 0.3) is 22.0 Å². The molecule has 1 aromatic heterocycles. The number of hydrogen-bond donors (Lipinski definition) is 1. The number of nitrogens with zero attached hydrogens (tertiary/aromatic N) is 1. The second kappa shape index (κ2) is 7.40. The lowest BCUT2D eigenvalue weighted by Crippen LogP contribution is -2.08. The molecule has 4 aromatic rings. The number of aromatic amines is 1. The summed E-state index contributed by atoms with van der Waals surface area (Å²) in [6.45, 7) is 0. The Morgan fingerprint density at radius 3 is 2.59 bits per heavy atom. The van der Waals surface area contributed by atoms with Crippen LogP contribution in [0, 0.1) is 11.6 Å². The highest BCUT2D eigenvalue weighted by Crippen LogP contribution is 2.33. The fourth-order valence-corrected chi connectivity index (χ4v) is 5.23. The summed E-state index contributed by atoms with van der Waals surface area (Å²) in [6, 6.07) is 10.9. The van der Waals surface area contributed by atoms with E-state index in [4.69, 9.17) is 23.2 Å². The van der Waals surface area contributed by atoms with E-state index in [1.54, 1.807) is 24.4 Å². The van der Waals surface area contributed by atoms with E-state index in [1.807, 2.05) is 0 Å². The van der Waals surface area contributed by atoms with Crippen LogP contribution >= 0.6 is 23.2 Å². The average molecular weight is 453 g/mol. The Kier molecular flexibility index (Phi) is 5.06. The molecule has 0 aliphatic carbocycles. The molecular weight excluding hydrogens is 441 g/mol. The zero-order valence-corrected chi connectivity index (χ0v) is 16.9. The lowest BCUT2D eigenvalue weighted by Gasteiger charge is -2.12. The van der Waals surface area contributed by atoms with Crippen LogP contribution < -0.4 is 0 Å². The summed E-state index contributed by atoms with van der Waals surface area (Å²) < 4.78 is 55.2. The first-order valence-electron chi connectivity index (χ1n) is 8.34. The number of nitrogens with one attached hydrogen (secondary N) is 1. The Bertz CT molecular complexity index is 1350. The van der Waals surface area contributed by atoms with Crippen LogP contribution in [-0.4, -0.2) is 18.6 Å². The van der Waals surface area contributed by atoms with Gasteiger partial charge in [0.1, 0.15) is 11.6 Å². The summed E-state index contributed by atoms with van der Waals surface area (Å²) in [5.74, 6) is -2.45. The second-order valence-corrected chi connectivity index (χ2v) is 9.20. The number of halogens is 4. The third-order valence-corrected chi connectivity index (χ3v) is 6.85. The first-order valence-corrected chi connectivity index (χ1v) is 10.8. The fourth-order valence-electron chi connectivity index (χ4n) is 3.06. The lowest BCUT2D eigenvalue weighted by molar-refractivity contribution is 0.574. The lowest BCUT2D eigenvalue weighted by atomic mass is 10.0. The zero-order chi connectivity index (χ0) is 20.8. The van der Waals surface area contributed by atoms with E-state index >= 15 is 4.39 Å². The van der Waals surface area contributed by atoms with E-state index < -0.39 is 27.2 Å². The van der Waals surface area contributed by atoms with Crippen LogP contribution in [0.2, 0.25) is 10.0 Å². The molecule has 0 bridgehead atoms. The molecule has 0 aliphatic rings. The molecular formula is C20H12Cl2F2N2O2S. The van der Waals surface area contributed by atoms with Crippen molar-refractivity contribution in [2.75, 3.05) is 0 Å². The number of H-pyrrole nitrogens is 1. The van der Waals surface area contributed by atoms with E-state index in [0.29, 0.717) is 5.52 Å². The van der Waals surface area contributed by atoms with Gasteiger partial charge in [-0.15, -0.1) is 0 Å².